The van der Waals surface area contributed by atoms with Crippen LogP contribution >= 0.6 is 0 Å². The summed E-state index contributed by atoms with van der Waals surface area (Å²) in [5.41, 5.74) is 0.253. The standard InChI is InChI=1S/C17H13F3N2O/c1-2-23-15-6-3-12(4-7-15)9-13(10-21)16-8-5-14(11-22-16)17(18,19)20/h3-9,11H,2H2,1H3/b13-9+. The molecule has 0 unspecified atom stereocenters. The summed E-state index contributed by atoms with van der Waals surface area (Å²) < 4.78 is 42.9. The molecule has 0 saturated carbocycles. The van der Waals surface area contributed by atoms with Gasteiger partial charge in [0.2, 0.25) is 0 Å². The van der Waals surface area contributed by atoms with Crippen LogP contribution in [0.2, 0.25) is 0 Å². The molecular weight excluding hydrogens is 305 g/mol. The van der Waals surface area contributed by atoms with Crippen molar-refractivity contribution in [2.45, 2.75) is 13.1 Å². The highest BCUT2D eigenvalue weighted by Gasteiger charge is 2.30. The van der Waals surface area contributed by atoms with E-state index in [2.05, 4.69) is 4.98 Å². The van der Waals surface area contributed by atoms with Crippen LogP contribution in [0.25, 0.3) is 11.6 Å². The zero-order valence-electron chi connectivity index (χ0n) is 12.3. The van der Waals surface area contributed by atoms with Gasteiger partial charge in [0, 0.05) is 6.20 Å². The minimum absolute atomic E-state index is 0.183. The monoisotopic (exact) mass is 318 g/mol. The highest BCUT2D eigenvalue weighted by atomic mass is 19.4. The summed E-state index contributed by atoms with van der Waals surface area (Å²) in [7, 11) is 0. The Labute approximate surface area is 131 Å². The smallest absolute Gasteiger partial charge is 0.417 e. The van der Waals surface area contributed by atoms with Gasteiger partial charge in [0.25, 0.3) is 0 Å². The quantitative estimate of drug-likeness (QED) is 0.776. The molecule has 6 heteroatoms. The molecule has 1 aromatic carbocycles. The summed E-state index contributed by atoms with van der Waals surface area (Å²) in [6.07, 6.45) is -2.17. The Bertz CT molecular complexity index is 726. The Kier molecular flexibility index (Phi) is 5.02. The SMILES string of the molecule is CCOc1ccc(/C=C(\C#N)c2ccc(C(F)(F)F)cn2)cc1. The van der Waals surface area contributed by atoms with Crippen molar-refractivity contribution in [2.75, 3.05) is 6.61 Å². The van der Waals surface area contributed by atoms with Crippen LogP contribution in [0.5, 0.6) is 5.75 Å². The van der Waals surface area contributed by atoms with Gasteiger partial charge in [-0.25, -0.2) is 0 Å². The predicted octanol–water partition coefficient (Wildman–Crippen LogP) is 4.56. The summed E-state index contributed by atoms with van der Waals surface area (Å²) in [5, 5.41) is 9.20. The number of rotatable bonds is 4. The van der Waals surface area contributed by atoms with Crippen LogP contribution in [0.15, 0.2) is 42.6 Å². The maximum absolute atomic E-state index is 12.5. The van der Waals surface area contributed by atoms with E-state index in [1.54, 1.807) is 30.3 Å². The topological polar surface area (TPSA) is 45.9 Å². The van der Waals surface area contributed by atoms with Gasteiger partial charge in [0.05, 0.1) is 23.4 Å². The second-order valence-electron chi connectivity index (χ2n) is 4.60. The van der Waals surface area contributed by atoms with E-state index in [9.17, 15) is 18.4 Å². The first kappa shape index (κ1) is 16.6. The number of nitrogens with zero attached hydrogens (tertiary/aromatic N) is 2. The van der Waals surface area contributed by atoms with Gasteiger partial charge in [0.15, 0.2) is 0 Å². The predicted molar refractivity (Wildman–Crippen MR) is 80.3 cm³/mol. The van der Waals surface area contributed by atoms with Crippen molar-refractivity contribution in [3.05, 3.63) is 59.4 Å². The van der Waals surface area contributed by atoms with Crippen LogP contribution in [0.4, 0.5) is 13.2 Å². The molecule has 23 heavy (non-hydrogen) atoms. The van der Waals surface area contributed by atoms with E-state index in [-0.39, 0.29) is 11.3 Å². The van der Waals surface area contributed by atoms with Crippen molar-refractivity contribution in [3.63, 3.8) is 0 Å². The number of ether oxygens (including phenoxy) is 1. The van der Waals surface area contributed by atoms with Crippen molar-refractivity contribution in [1.82, 2.24) is 4.98 Å². The van der Waals surface area contributed by atoms with E-state index in [1.807, 2.05) is 13.0 Å². The minimum Gasteiger partial charge on any atom is -0.494 e. The van der Waals surface area contributed by atoms with Crippen molar-refractivity contribution in [2.24, 2.45) is 0 Å². The lowest BCUT2D eigenvalue weighted by atomic mass is 10.1. The van der Waals surface area contributed by atoms with Gasteiger partial charge in [-0.15, -0.1) is 0 Å². The van der Waals surface area contributed by atoms with Crippen molar-refractivity contribution < 1.29 is 17.9 Å². The average Bonchev–Trinajstić information content (AvgIpc) is 2.54. The Balaban J connectivity index is 2.27. The average molecular weight is 318 g/mol. The number of pyridine rings is 1. The van der Waals surface area contributed by atoms with E-state index in [4.69, 9.17) is 4.74 Å². The Hall–Kier alpha value is -2.81. The lowest BCUT2D eigenvalue weighted by Crippen LogP contribution is -2.05. The lowest BCUT2D eigenvalue weighted by molar-refractivity contribution is -0.137. The van der Waals surface area contributed by atoms with E-state index < -0.39 is 11.7 Å². The largest absolute Gasteiger partial charge is 0.494 e. The van der Waals surface area contributed by atoms with Crippen LogP contribution in [-0.4, -0.2) is 11.6 Å². The van der Waals surface area contributed by atoms with Gasteiger partial charge < -0.3 is 4.74 Å². The van der Waals surface area contributed by atoms with E-state index >= 15 is 0 Å². The molecule has 2 aromatic rings. The number of allylic oxidation sites excluding steroid dienone is 1. The second kappa shape index (κ2) is 6.97. The van der Waals surface area contributed by atoms with Crippen LogP contribution < -0.4 is 4.74 Å². The van der Waals surface area contributed by atoms with E-state index in [1.165, 1.54) is 6.07 Å². The molecule has 2 rings (SSSR count). The first-order valence-corrected chi connectivity index (χ1v) is 6.82. The Morgan fingerprint density at radius 2 is 1.91 bits per heavy atom. The summed E-state index contributed by atoms with van der Waals surface area (Å²) >= 11 is 0. The van der Waals surface area contributed by atoms with Crippen molar-refractivity contribution in [1.29, 1.82) is 5.26 Å². The normalized spacial score (nSPS) is 11.9. The lowest BCUT2D eigenvalue weighted by Gasteiger charge is -2.06. The van der Waals surface area contributed by atoms with Gasteiger partial charge in [-0.1, -0.05) is 12.1 Å². The third-order valence-electron chi connectivity index (χ3n) is 2.99. The molecular formula is C17H13F3N2O. The van der Waals surface area contributed by atoms with Gasteiger partial charge in [0.1, 0.15) is 11.8 Å². The molecule has 0 aliphatic carbocycles. The summed E-state index contributed by atoms with van der Waals surface area (Å²) in [6.45, 7) is 2.42. The number of benzene rings is 1. The number of nitriles is 1. The Morgan fingerprint density at radius 1 is 1.22 bits per heavy atom. The molecule has 0 amide bonds. The molecule has 0 atom stereocenters. The molecule has 3 nitrogen and oxygen atoms in total. The molecule has 0 radical (unpaired) electrons. The molecule has 0 spiro atoms. The molecule has 0 fully saturated rings. The summed E-state index contributed by atoms with van der Waals surface area (Å²) in [4.78, 5) is 3.72. The fraction of sp³-hybridized carbons (Fsp3) is 0.176. The third kappa shape index (κ3) is 4.33. The van der Waals surface area contributed by atoms with Crippen LogP contribution in [0, 0.1) is 11.3 Å². The third-order valence-corrected chi connectivity index (χ3v) is 2.99. The zero-order valence-corrected chi connectivity index (χ0v) is 12.3. The molecule has 0 saturated heterocycles. The number of alkyl halides is 3. The fourth-order valence-electron chi connectivity index (χ4n) is 1.88. The maximum atomic E-state index is 12.5. The van der Waals surface area contributed by atoms with E-state index in [0.29, 0.717) is 12.4 Å². The van der Waals surface area contributed by atoms with Gasteiger partial charge in [-0.3, -0.25) is 4.98 Å². The number of halogens is 3. The Morgan fingerprint density at radius 3 is 2.39 bits per heavy atom. The molecule has 0 aliphatic rings. The molecule has 118 valence electrons. The van der Waals surface area contributed by atoms with Crippen LogP contribution in [-0.2, 0) is 6.18 Å². The molecule has 1 heterocycles. The van der Waals surface area contributed by atoms with Gasteiger partial charge in [-0.05, 0) is 42.8 Å². The number of hydrogen-bond acceptors (Lipinski definition) is 3. The summed E-state index contributed by atoms with van der Waals surface area (Å²) in [5.74, 6) is 0.704. The number of hydrogen-bond donors (Lipinski definition) is 0. The van der Waals surface area contributed by atoms with E-state index in [0.717, 1.165) is 17.8 Å². The van der Waals surface area contributed by atoms with Gasteiger partial charge in [-0.2, -0.15) is 18.4 Å². The molecule has 1 aromatic heterocycles. The molecule has 0 aliphatic heterocycles. The summed E-state index contributed by atoms with van der Waals surface area (Å²) in [6, 6.07) is 11.1. The van der Waals surface area contributed by atoms with Crippen molar-refractivity contribution >= 4 is 11.6 Å². The van der Waals surface area contributed by atoms with Crippen molar-refractivity contribution in [3.8, 4) is 11.8 Å². The molecule has 0 N–H and O–H groups in total. The van der Waals surface area contributed by atoms with Crippen LogP contribution in [0.1, 0.15) is 23.7 Å². The first-order chi connectivity index (χ1) is 10.9. The van der Waals surface area contributed by atoms with Crippen LogP contribution in [0.3, 0.4) is 0 Å². The zero-order chi connectivity index (χ0) is 16.9. The highest BCUT2D eigenvalue weighted by Crippen LogP contribution is 2.29. The number of aromatic nitrogens is 1. The maximum Gasteiger partial charge on any atom is 0.417 e. The van der Waals surface area contributed by atoms with Gasteiger partial charge >= 0.3 is 6.18 Å². The fourth-order valence-corrected chi connectivity index (χ4v) is 1.88. The molecule has 0 bridgehead atoms. The second-order valence-corrected chi connectivity index (χ2v) is 4.60. The minimum atomic E-state index is -4.45. The first-order valence-electron chi connectivity index (χ1n) is 6.82. The highest BCUT2D eigenvalue weighted by molar-refractivity contribution is 5.88.